The third-order valence-electron chi connectivity index (χ3n) is 5.62. The van der Waals surface area contributed by atoms with Crippen molar-refractivity contribution >= 4 is 5.78 Å². The lowest BCUT2D eigenvalue weighted by atomic mass is 9.70. The Morgan fingerprint density at radius 1 is 1.26 bits per heavy atom. The van der Waals surface area contributed by atoms with Gasteiger partial charge < -0.3 is 14.6 Å². The van der Waals surface area contributed by atoms with Crippen molar-refractivity contribution in [1.29, 1.82) is 0 Å². The molecule has 2 heterocycles. The highest BCUT2D eigenvalue weighted by atomic mass is 16.5. The molecule has 1 aromatic carbocycles. The van der Waals surface area contributed by atoms with E-state index in [1.807, 2.05) is 12.1 Å². The first-order valence-electron chi connectivity index (χ1n) is 8.03. The maximum atomic E-state index is 12.2. The van der Waals surface area contributed by atoms with Crippen LogP contribution in [0.3, 0.4) is 0 Å². The minimum atomic E-state index is -0.412. The van der Waals surface area contributed by atoms with Gasteiger partial charge in [-0.05, 0) is 47.8 Å². The molecule has 2 atom stereocenters. The third-order valence-corrected chi connectivity index (χ3v) is 5.62. The first-order valence-corrected chi connectivity index (χ1v) is 8.03. The summed E-state index contributed by atoms with van der Waals surface area (Å²) in [7, 11) is 3.16. The number of fused-ring (bicyclic) bond motifs is 1. The quantitative estimate of drug-likeness (QED) is 0.901. The van der Waals surface area contributed by atoms with E-state index in [1.165, 1.54) is 5.57 Å². The molecule has 0 amide bonds. The van der Waals surface area contributed by atoms with E-state index >= 15 is 0 Å². The van der Waals surface area contributed by atoms with Crippen molar-refractivity contribution in [2.75, 3.05) is 27.3 Å². The molecule has 1 aromatic rings. The molecule has 1 saturated heterocycles. The Morgan fingerprint density at radius 3 is 2.78 bits per heavy atom. The number of hydrogen-bond acceptors (Lipinski definition) is 5. The number of phenols is 1. The Balaban J connectivity index is 1.94. The van der Waals surface area contributed by atoms with Crippen molar-refractivity contribution in [2.45, 2.75) is 30.9 Å². The number of carbonyl (C=O) groups is 1. The van der Waals surface area contributed by atoms with Crippen LogP contribution in [0.25, 0.3) is 0 Å². The van der Waals surface area contributed by atoms with E-state index in [4.69, 9.17) is 9.47 Å². The standard InChI is InChI=1S/C18H21NO4/c1-22-16-9-13-11(7-14(16)20)3-5-19-6-4-12-8-15(21)17(23-2)10-18(12,13)19/h7-9,17,20H,3-6,10H2,1-2H3. The molecule has 1 spiro atoms. The zero-order valence-corrected chi connectivity index (χ0v) is 13.5. The molecular weight excluding hydrogens is 294 g/mol. The SMILES string of the molecule is COc1cc2c(cc1O)CCN1CCC3=CC(=O)C(OC)CC321. The van der Waals surface area contributed by atoms with Crippen LogP contribution in [-0.2, 0) is 21.5 Å². The van der Waals surface area contributed by atoms with Gasteiger partial charge in [0.2, 0.25) is 0 Å². The van der Waals surface area contributed by atoms with Crippen LogP contribution in [-0.4, -0.2) is 49.2 Å². The lowest BCUT2D eigenvalue weighted by molar-refractivity contribution is -0.127. The van der Waals surface area contributed by atoms with Crippen molar-refractivity contribution in [1.82, 2.24) is 4.90 Å². The van der Waals surface area contributed by atoms with Gasteiger partial charge in [-0.2, -0.15) is 0 Å². The first-order chi connectivity index (χ1) is 11.1. The number of ketones is 1. The van der Waals surface area contributed by atoms with Crippen LogP contribution in [0.5, 0.6) is 11.5 Å². The van der Waals surface area contributed by atoms with Crippen LogP contribution in [0.15, 0.2) is 23.8 Å². The largest absolute Gasteiger partial charge is 0.504 e. The van der Waals surface area contributed by atoms with Crippen molar-refractivity contribution in [2.24, 2.45) is 0 Å². The number of benzene rings is 1. The molecule has 1 N–H and O–H groups in total. The van der Waals surface area contributed by atoms with Crippen LogP contribution in [0.1, 0.15) is 24.0 Å². The zero-order chi connectivity index (χ0) is 16.2. The smallest absolute Gasteiger partial charge is 0.184 e. The highest BCUT2D eigenvalue weighted by molar-refractivity contribution is 5.96. The fraction of sp³-hybridized carbons (Fsp3) is 0.500. The summed E-state index contributed by atoms with van der Waals surface area (Å²) in [6.45, 7) is 1.89. The molecule has 0 saturated carbocycles. The number of ether oxygens (including phenoxy) is 2. The lowest BCUT2D eigenvalue weighted by Crippen LogP contribution is -2.52. The predicted octanol–water partition coefficient (Wildman–Crippen LogP) is 1.77. The second kappa shape index (κ2) is 5.08. The van der Waals surface area contributed by atoms with Gasteiger partial charge in [-0.15, -0.1) is 0 Å². The Labute approximate surface area is 135 Å². The summed E-state index contributed by atoms with van der Waals surface area (Å²) in [6.07, 6.45) is 3.81. The molecule has 23 heavy (non-hydrogen) atoms. The van der Waals surface area contributed by atoms with E-state index in [0.29, 0.717) is 12.2 Å². The highest BCUT2D eigenvalue weighted by Gasteiger charge is 2.53. The molecule has 4 rings (SSSR count). The lowest BCUT2D eigenvalue weighted by Gasteiger charge is -2.47. The second-order valence-corrected chi connectivity index (χ2v) is 6.53. The summed E-state index contributed by atoms with van der Waals surface area (Å²) in [5.74, 6) is 0.722. The average Bonchev–Trinajstić information content (AvgIpc) is 2.92. The number of aromatic hydroxyl groups is 1. The molecule has 122 valence electrons. The summed E-state index contributed by atoms with van der Waals surface area (Å²) < 4.78 is 10.8. The topological polar surface area (TPSA) is 59.0 Å². The van der Waals surface area contributed by atoms with Crippen LogP contribution >= 0.6 is 0 Å². The minimum Gasteiger partial charge on any atom is -0.504 e. The molecule has 0 aromatic heterocycles. The number of nitrogens with zero attached hydrogens (tertiary/aromatic N) is 1. The van der Waals surface area contributed by atoms with E-state index in [-0.39, 0.29) is 17.1 Å². The Bertz CT molecular complexity index is 711. The van der Waals surface area contributed by atoms with Gasteiger partial charge in [0.15, 0.2) is 17.3 Å². The van der Waals surface area contributed by atoms with Gasteiger partial charge in [-0.25, -0.2) is 0 Å². The maximum Gasteiger partial charge on any atom is 0.184 e. The molecule has 1 aliphatic carbocycles. The van der Waals surface area contributed by atoms with Crippen molar-refractivity contribution in [3.63, 3.8) is 0 Å². The molecule has 0 bridgehead atoms. The third kappa shape index (κ3) is 1.90. The van der Waals surface area contributed by atoms with Crippen LogP contribution in [0, 0.1) is 0 Å². The monoisotopic (exact) mass is 315 g/mol. The van der Waals surface area contributed by atoms with Gasteiger partial charge in [0.25, 0.3) is 0 Å². The van der Waals surface area contributed by atoms with Crippen LogP contribution in [0.2, 0.25) is 0 Å². The van der Waals surface area contributed by atoms with Crippen molar-refractivity contribution in [3.8, 4) is 11.5 Å². The maximum absolute atomic E-state index is 12.2. The Hall–Kier alpha value is -1.85. The summed E-state index contributed by atoms with van der Waals surface area (Å²) in [5, 5.41) is 10.1. The molecular formula is C18H21NO4. The Kier molecular flexibility index (Phi) is 3.25. The van der Waals surface area contributed by atoms with Crippen LogP contribution in [0.4, 0.5) is 0 Å². The fourth-order valence-corrected chi connectivity index (χ4v) is 4.52. The second-order valence-electron chi connectivity index (χ2n) is 6.53. The van der Waals surface area contributed by atoms with Crippen molar-refractivity contribution < 1.29 is 19.4 Å². The average molecular weight is 315 g/mol. The zero-order valence-electron chi connectivity index (χ0n) is 13.5. The van der Waals surface area contributed by atoms with E-state index in [9.17, 15) is 9.90 Å². The van der Waals surface area contributed by atoms with Crippen molar-refractivity contribution in [3.05, 3.63) is 34.9 Å². The van der Waals surface area contributed by atoms with E-state index < -0.39 is 6.10 Å². The van der Waals surface area contributed by atoms with Gasteiger partial charge in [0.1, 0.15) is 6.10 Å². The predicted molar refractivity (Wildman–Crippen MR) is 84.7 cm³/mol. The van der Waals surface area contributed by atoms with Crippen LogP contribution < -0.4 is 4.74 Å². The summed E-state index contributed by atoms with van der Waals surface area (Å²) in [6, 6.07) is 3.76. The van der Waals surface area contributed by atoms with Gasteiger partial charge in [0, 0.05) is 26.6 Å². The molecule has 1 fully saturated rings. The van der Waals surface area contributed by atoms with Gasteiger partial charge >= 0.3 is 0 Å². The number of methoxy groups -OCH3 is 2. The minimum absolute atomic E-state index is 0.0628. The van der Waals surface area contributed by atoms with E-state index in [1.54, 1.807) is 20.3 Å². The molecule has 5 nitrogen and oxygen atoms in total. The van der Waals surface area contributed by atoms with Gasteiger partial charge in [-0.1, -0.05) is 0 Å². The van der Waals surface area contributed by atoms with E-state index in [0.717, 1.165) is 37.1 Å². The molecule has 2 aliphatic heterocycles. The first kappa shape index (κ1) is 14.7. The molecule has 5 heteroatoms. The summed E-state index contributed by atoms with van der Waals surface area (Å²) >= 11 is 0. The van der Waals surface area contributed by atoms with Gasteiger partial charge in [0.05, 0.1) is 12.6 Å². The number of hydrogen-bond donors (Lipinski definition) is 1. The van der Waals surface area contributed by atoms with Gasteiger partial charge in [-0.3, -0.25) is 9.69 Å². The number of rotatable bonds is 2. The number of carbonyl (C=O) groups excluding carboxylic acids is 1. The highest BCUT2D eigenvalue weighted by Crippen LogP contribution is 2.53. The summed E-state index contributed by atoms with van der Waals surface area (Å²) in [4.78, 5) is 14.7. The summed E-state index contributed by atoms with van der Waals surface area (Å²) in [5.41, 5.74) is 3.17. The molecule has 0 radical (unpaired) electrons. The van der Waals surface area contributed by atoms with E-state index in [2.05, 4.69) is 4.90 Å². The molecule has 3 aliphatic rings. The number of phenolic OH excluding ortho intramolecular Hbond substituents is 1. The molecule has 2 unspecified atom stereocenters. The fourth-order valence-electron chi connectivity index (χ4n) is 4.52. The Morgan fingerprint density at radius 2 is 2.04 bits per heavy atom. The normalized spacial score (nSPS) is 29.6.